The van der Waals surface area contributed by atoms with Crippen molar-refractivity contribution in [2.24, 2.45) is 0 Å². The number of nitrogens with two attached hydrogens (primary N) is 1. The van der Waals surface area contributed by atoms with Crippen molar-refractivity contribution in [2.45, 2.75) is 33.8 Å². The summed E-state index contributed by atoms with van der Waals surface area (Å²) in [6.45, 7) is 8.75. The van der Waals surface area contributed by atoms with E-state index >= 15 is 0 Å². The molecule has 0 aliphatic rings. The van der Waals surface area contributed by atoms with E-state index in [0.29, 0.717) is 35.8 Å². The van der Waals surface area contributed by atoms with E-state index in [4.69, 9.17) is 10.5 Å². The zero-order valence-corrected chi connectivity index (χ0v) is 17.9. The van der Waals surface area contributed by atoms with Crippen molar-refractivity contribution in [1.82, 2.24) is 14.9 Å². The molecule has 0 fully saturated rings. The Kier molecular flexibility index (Phi) is 6.67. The van der Waals surface area contributed by atoms with Crippen molar-refractivity contribution in [3.8, 4) is 16.9 Å². The third-order valence-electron chi connectivity index (χ3n) is 5.06. The summed E-state index contributed by atoms with van der Waals surface area (Å²) >= 11 is 0. The van der Waals surface area contributed by atoms with E-state index in [2.05, 4.69) is 22.1 Å². The number of aryl methyl sites for hydroxylation is 1. The van der Waals surface area contributed by atoms with Crippen LogP contribution in [0.1, 0.15) is 48.6 Å². The second-order valence-electron chi connectivity index (χ2n) is 7.06. The summed E-state index contributed by atoms with van der Waals surface area (Å²) in [4.78, 5) is 23.4. The number of anilines is 1. The molecule has 0 saturated carbocycles. The van der Waals surface area contributed by atoms with Crippen LogP contribution in [-0.2, 0) is 0 Å². The first kappa shape index (κ1) is 21.3. The van der Waals surface area contributed by atoms with Gasteiger partial charge in [0.25, 0.3) is 5.91 Å². The molecule has 1 unspecified atom stereocenters. The fourth-order valence-electron chi connectivity index (χ4n) is 3.46. The lowest BCUT2D eigenvalue weighted by atomic mass is 10.1. The number of carbonyl (C=O) groups is 1. The number of aromatic nitrogens is 2. The first-order valence-corrected chi connectivity index (χ1v) is 10.2. The van der Waals surface area contributed by atoms with Gasteiger partial charge in [-0.25, -0.2) is 9.97 Å². The minimum atomic E-state index is -0.467. The second-order valence-corrected chi connectivity index (χ2v) is 7.06. The van der Waals surface area contributed by atoms with Crippen molar-refractivity contribution < 1.29 is 9.53 Å². The van der Waals surface area contributed by atoms with Crippen LogP contribution in [0, 0.1) is 6.92 Å². The number of amides is 1. The summed E-state index contributed by atoms with van der Waals surface area (Å²) in [6, 6.07) is 18.0. The van der Waals surface area contributed by atoms with Gasteiger partial charge < -0.3 is 15.4 Å². The highest BCUT2D eigenvalue weighted by molar-refractivity contribution is 5.96. The number of ether oxygens (including phenoxy) is 1. The van der Waals surface area contributed by atoms with Crippen LogP contribution in [0.4, 0.5) is 5.95 Å². The van der Waals surface area contributed by atoms with Crippen molar-refractivity contribution >= 4 is 11.9 Å². The Bertz CT molecular complexity index is 1000. The predicted octanol–water partition coefficient (Wildman–Crippen LogP) is 4.66. The molecule has 0 saturated heterocycles. The lowest BCUT2D eigenvalue weighted by Gasteiger charge is -2.23. The highest BCUT2D eigenvalue weighted by Gasteiger charge is 2.26. The average molecular weight is 405 g/mol. The Hall–Kier alpha value is -3.41. The van der Waals surface area contributed by atoms with E-state index in [9.17, 15) is 4.79 Å². The van der Waals surface area contributed by atoms with E-state index < -0.39 is 6.10 Å². The molecule has 6 heteroatoms. The smallest absolute Gasteiger partial charge is 0.257 e. The fourth-order valence-corrected chi connectivity index (χ4v) is 3.46. The molecule has 1 aromatic heterocycles. The monoisotopic (exact) mass is 404 g/mol. The average Bonchev–Trinajstić information content (AvgIpc) is 2.75. The Morgan fingerprint density at radius 2 is 1.60 bits per heavy atom. The van der Waals surface area contributed by atoms with Crippen LogP contribution in [0.5, 0.6) is 5.75 Å². The minimum Gasteiger partial charge on any atom is -0.484 e. The molecular formula is C24H28N4O2. The van der Waals surface area contributed by atoms with Crippen molar-refractivity contribution in [2.75, 3.05) is 18.8 Å². The van der Waals surface area contributed by atoms with E-state index in [1.165, 1.54) is 0 Å². The van der Waals surface area contributed by atoms with Crippen LogP contribution in [0.25, 0.3) is 11.1 Å². The quantitative estimate of drug-likeness (QED) is 0.619. The lowest BCUT2D eigenvalue weighted by Crippen LogP contribution is -2.33. The maximum Gasteiger partial charge on any atom is 0.257 e. The standard InChI is InChI=1S/C24H28N4O2/c1-5-28(6-2)23(29)21-16(3)26-24(25)27-22(21)17(4)30-20-14-12-19(13-15-20)18-10-8-7-9-11-18/h7-15,17H,5-6H2,1-4H3,(H2,25,26,27). The van der Waals surface area contributed by atoms with Crippen molar-refractivity contribution in [3.63, 3.8) is 0 Å². The maximum atomic E-state index is 13.1. The summed E-state index contributed by atoms with van der Waals surface area (Å²) in [5, 5.41) is 0. The van der Waals surface area contributed by atoms with Crippen LogP contribution in [0.3, 0.4) is 0 Å². The molecule has 1 atom stereocenters. The lowest BCUT2D eigenvalue weighted by molar-refractivity contribution is 0.0765. The highest BCUT2D eigenvalue weighted by Crippen LogP contribution is 2.28. The second kappa shape index (κ2) is 9.39. The van der Waals surface area contributed by atoms with E-state index in [-0.39, 0.29) is 11.9 Å². The van der Waals surface area contributed by atoms with Gasteiger partial charge in [-0.3, -0.25) is 4.79 Å². The number of hydrogen-bond acceptors (Lipinski definition) is 5. The fraction of sp³-hybridized carbons (Fsp3) is 0.292. The van der Waals surface area contributed by atoms with Crippen LogP contribution in [0.2, 0.25) is 0 Å². The summed E-state index contributed by atoms with van der Waals surface area (Å²) < 4.78 is 6.12. The number of hydrogen-bond donors (Lipinski definition) is 1. The van der Waals surface area contributed by atoms with E-state index in [1.807, 2.05) is 63.2 Å². The molecule has 2 aromatic carbocycles. The maximum absolute atomic E-state index is 13.1. The zero-order valence-electron chi connectivity index (χ0n) is 17.9. The molecule has 1 amide bonds. The Balaban J connectivity index is 1.88. The van der Waals surface area contributed by atoms with Gasteiger partial charge in [0.05, 0.1) is 17.0 Å². The molecule has 0 bridgehead atoms. The highest BCUT2D eigenvalue weighted by atomic mass is 16.5. The molecule has 0 aliphatic carbocycles. The largest absolute Gasteiger partial charge is 0.484 e. The normalized spacial score (nSPS) is 11.7. The molecule has 0 radical (unpaired) electrons. The van der Waals surface area contributed by atoms with Crippen molar-refractivity contribution in [1.29, 1.82) is 0 Å². The molecule has 6 nitrogen and oxygen atoms in total. The van der Waals surface area contributed by atoms with E-state index in [1.54, 1.807) is 11.8 Å². The summed E-state index contributed by atoms with van der Waals surface area (Å²) in [5.41, 5.74) is 9.65. The molecule has 0 spiro atoms. The molecule has 3 aromatic rings. The van der Waals surface area contributed by atoms with Gasteiger partial charge in [0.1, 0.15) is 11.9 Å². The van der Waals surface area contributed by atoms with Gasteiger partial charge in [-0.05, 0) is 51.0 Å². The molecule has 2 N–H and O–H groups in total. The van der Waals surface area contributed by atoms with Crippen LogP contribution in [-0.4, -0.2) is 33.9 Å². The number of rotatable bonds is 7. The molecule has 156 valence electrons. The molecule has 30 heavy (non-hydrogen) atoms. The van der Waals surface area contributed by atoms with Crippen LogP contribution >= 0.6 is 0 Å². The van der Waals surface area contributed by atoms with Gasteiger partial charge in [0, 0.05) is 13.1 Å². The Morgan fingerprint density at radius 3 is 2.20 bits per heavy atom. The number of benzene rings is 2. The SMILES string of the molecule is CCN(CC)C(=O)c1c(C)nc(N)nc1C(C)Oc1ccc(-c2ccccc2)cc1. The van der Waals surface area contributed by atoms with Gasteiger partial charge >= 0.3 is 0 Å². The van der Waals surface area contributed by atoms with Gasteiger partial charge in [-0.15, -0.1) is 0 Å². The molecule has 3 rings (SSSR count). The Morgan fingerprint density at radius 1 is 1.00 bits per heavy atom. The summed E-state index contributed by atoms with van der Waals surface area (Å²) in [5.74, 6) is 0.717. The first-order valence-electron chi connectivity index (χ1n) is 10.2. The van der Waals surface area contributed by atoms with Crippen LogP contribution < -0.4 is 10.5 Å². The van der Waals surface area contributed by atoms with Gasteiger partial charge in [0.15, 0.2) is 0 Å². The minimum absolute atomic E-state index is 0.109. The van der Waals surface area contributed by atoms with Gasteiger partial charge in [-0.1, -0.05) is 42.5 Å². The third kappa shape index (κ3) is 4.59. The predicted molar refractivity (Wildman–Crippen MR) is 119 cm³/mol. The topological polar surface area (TPSA) is 81.3 Å². The molecule has 1 heterocycles. The number of carbonyl (C=O) groups excluding carboxylic acids is 1. The number of nitrogen functional groups attached to an aromatic ring is 1. The van der Waals surface area contributed by atoms with Gasteiger partial charge in [0.2, 0.25) is 5.95 Å². The zero-order chi connectivity index (χ0) is 21.7. The van der Waals surface area contributed by atoms with Crippen LogP contribution in [0.15, 0.2) is 54.6 Å². The third-order valence-corrected chi connectivity index (χ3v) is 5.06. The molecular weight excluding hydrogens is 376 g/mol. The number of nitrogens with zero attached hydrogens (tertiary/aromatic N) is 3. The first-order chi connectivity index (χ1) is 14.4. The van der Waals surface area contributed by atoms with Crippen molar-refractivity contribution in [3.05, 3.63) is 71.5 Å². The summed E-state index contributed by atoms with van der Waals surface area (Å²) in [7, 11) is 0. The Labute approximate surface area is 177 Å². The van der Waals surface area contributed by atoms with E-state index in [0.717, 1.165) is 11.1 Å². The molecule has 0 aliphatic heterocycles. The van der Waals surface area contributed by atoms with Gasteiger partial charge in [-0.2, -0.15) is 0 Å². The summed E-state index contributed by atoms with van der Waals surface area (Å²) in [6.07, 6.45) is -0.467.